The summed E-state index contributed by atoms with van der Waals surface area (Å²) in [6.45, 7) is 6.00. The first-order valence-electron chi connectivity index (χ1n) is 11.3. The van der Waals surface area contributed by atoms with Crippen molar-refractivity contribution in [1.82, 2.24) is 30.6 Å². The number of aromatic nitrogens is 4. The number of piperidine rings is 1. The molecule has 0 saturated carbocycles. The molecule has 0 amide bonds. The standard InChI is InChI=1S/C25H29N7/c1-17-4-2-6-23(32-17)25-24(30-16-31-25)18-7-8-22-19(12-18)13-21(15-29-22)28-11-10-27-20-5-3-9-26-14-20/h2,4,6-8,12-13,15-16,20,26-28H,3,5,9-11,14H2,1H3,(H,30,31)/t20-/m1/s1. The van der Waals surface area contributed by atoms with E-state index in [9.17, 15) is 0 Å². The fourth-order valence-corrected chi connectivity index (χ4v) is 4.28. The molecule has 0 bridgehead atoms. The molecule has 3 aromatic heterocycles. The van der Waals surface area contributed by atoms with E-state index in [1.807, 2.05) is 37.4 Å². The number of aryl methyl sites for hydroxylation is 1. The molecule has 0 radical (unpaired) electrons. The van der Waals surface area contributed by atoms with Gasteiger partial charge in [-0.15, -0.1) is 0 Å². The Labute approximate surface area is 188 Å². The molecule has 5 rings (SSSR count). The third-order valence-electron chi connectivity index (χ3n) is 5.92. The first-order chi connectivity index (χ1) is 15.8. The molecule has 1 atom stereocenters. The molecule has 7 heteroatoms. The first kappa shape index (κ1) is 20.6. The largest absolute Gasteiger partial charge is 0.383 e. The van der Waals surface area contributed by atoms with Gasteiger partial charge >= 0.3 is 0 Å². The highest BCUT2D eigenvalue weighted by Gasteiger charge is 2.13. The fourth-order valence-electron chi connectivity index (χ4n) is 4.28. The number of rotatable bonds is 7. The van der Waals surface area contributed by atoms with Crippen molar-refractivity contribution in [3.63, 3.8) is 0 Å². The SMILES string of the molecule is Cc1cccc(-c2[nH]cnc2-c2ccc3ncc(NCCN[C@@H]4CCCNC4)cc3c2)n1. The van der Waals surface area contributed by atoms with Gasteiger partial charge in [0.2, 0.25) is 0 Å². The zero-order valence-electron chi connectivity index (χ0n) is 18.4. The van der Waals surface area contributed by atoms with Crippen molar-refractivity contribution in [2.24, 2.45) is 0 Å². The molecule has 7 nitrogen and oxygen atoms in total. The van der Waals surface area contributed by atoms with Gasteiger partial charge in [0.1, 0.15) is 0 Å². The normalized spacial score (nSPS) is 16.3. The molecule has 1 aromatic carbocycles. The van der Waals surface area contributed by atoms with Gasteiger partial charge in [0.25, 0.3) is 0 Å². The summed E-state index contributed by atoms with van der Waals surface area (Å²) < 4.78 is 0. The lowest BCUT2D eigenvalue weighted by atomic mass is 10.0. The Kier molecular flexibility index (Phi) is 6.09. The molecule has 0 spiro atoms. The van der Waals surface area contributed by atoms with E-state index >= 15 is 0 Å². The number of benzene rings is 1. The molecule has 4 aromatic rings. The van der Waals surface area contributed by atoms with E-state index < -0.39 is 0 Å². The number of hydrogen-bond donors (Lipinski definition) is 4. The van der Waals surface area contributed by atoms with Crippen LogP contribution >= 0.6 is 0 Å². The maximum Gasteiger partial charge on any atom is 0.0977 e. The molecular weight excluding hydrogens is 398 g/mol. The van der Waals surface area contributed by atoms with Crippen LogP contribution in [0.4, 0.5) is 5.69 Å². The van der Waals surface area contributed by atoms with Crippen LogP contribution in [0.25, 0.3) is 33.5 Å². The van der Waals surface area contributed by atoms with Crippen LogP contribution in [0.1, 0.15) is 18.5 Å². The average molecular weight is 428 g/mol. The summed E-state index contributed by atoms with van der Waals surface area (Å²) in [5, 5.41) is 11.6. The monoisotopic (exact) mass is 427 g/mol. The van der Waals surface area contributed by atoms with E-state index in [1.54, 1.807) is 6.33 Å². The van der Waals surface area contributed by atoms with E-state index in [-0.39, 0.29) is 0 Å². The van der Waals surface area contributed by atoms with Crippen molar-refractivity contribution in [2.45, 2.75) is 25.8 Å². The van der Waals surface area contributed by atoms with Crippen LogP contribution in [0, 0.1) is 6.92 Å². The van der Waals surface area contributed by atoms with Crippen molar-refractivity contribution >= 4 is 16.6 Å². The van der Waals surface area contributed by atoms with Crippen molar-refractivity contribution < 1.29 is 0 Å². The molecule has 0 aliphatic carbocycles. The quantitative estimate of drug-likeness (QED) is 0.336. The Balaban J connectivity index is 1.31. The third-order valence-corrected chi connectivity index (χ3v) is 5.92. The minimum atomic E-state index is 0.578. The Morgan fingerprint density at radius 3 is 2.94 bits per heavy atom. The molecule has 164 valence electrons. The van der Waals surface area contributed by atoms with Gasteiger partial charge in [-0.1, -0.05) is 12.1 Å². The Morgan fingerprint density at radius 1 is 1.09 bits per heavy atom. The lowest BCUT2D eigenvalue weighted by Gasteiger charge is -2.24. The molecule has 1 fully saturated rings. The summed E-state index contributed by atoms with van der Waals surface area (Å²) in [7, 11) is 0. The topological polar surface area (TPSA) is 90.5 Å². The van der Waals surface area contributed by atoms with E-state index in [2.05, 4.69) is 54.1 Å². The van der Waals surface area contributed by atoms with E-state index in [4.69, 9.17) is 0 Å². The van der Waals surface area contributed by atoms with Gasteiger partial charge in [-0.05, 0) is 56.6 Å². The van der Waals surface area contributed by atoms with Gasteiger partial charge in [0.15, 0.2) is 0 Å². The molecule has 1 aliphatic heterocycles. The van der Waals surface area contributed by atoms with Crippen LogP contribution in [0.3, 0.4) is 0 Å². The van der Waals surface area contributed by atoms with Gasteiger partial charge in [-0.2, -0.15) is 0 Å². The number of fused-ring (bicyclic) bond motifs is 1. The summed E-state index contributed by atoms with van der Waals surface area (Å²) in [6, 6.07) is 15.0. The second-order valence-electron chi connectivity index (χ2n) is 8.35. The minimum Gasteiger partial charge on any atom is -0.383 e. The number of pyridine rings is 2. The summed E-state index contributed by atoms with van der Waals surface area (Å²) in [5.41, 5.74) is 6.74. The second kappa shape index (κ2) is 9.46. The number of nitrogens with one attached hydrogen (secondary N) is 4. The number of hydrogen-bond acceptors (Lipinski definition) is 6. The number of aromatic amines is 1. The van der Waals surface area contributed by atoms with Gasteiger partial charge in [-0.25, -0.2) is 4.98 Å². The first-order valence-corrected chi connectivity index (χ1v) is 11.3. The minimum absolute atomic E-state index is 0.578. The number of H-pyrrole nitrogens is 1. The van der Waals surface area contributed by atoms with Crippen molar-refractivity contribution in [3.05, 3.63) is 60.7 Å². The molecule has 32 heavy (non-hydrogen) atoms. The van der Waals surface area contributed by atoms with Crippen molar-refractivity contribution in [3.8, 4) is 22.6 Å². The van der Waals surface area contributed by atoms with Crippen LogP contribution in [0.5, 0.6) is 0 Å². The van der Waals surface area contributed by atoms with Gasteiger partial charge < -0.3 is 20.9 Å². The molecule has 4 heterocycles. The van der Waals surface area contributed by atoms with Crippen LogP contribution in [-0.2, 0) is 0 Å². The maximum absolute atomic E-state index is 4.65. The maximum atomic E-state index is 4.65. The third kappa shape index (κ3) is 4.64. The van der Waals surface area contributed by atoms with E-state index in [0.717, 1.165) is 71.1 Å². The van der Waals surface area contributed by atoms with Gasteiger partial charge in [-0.3, -0.25) is 9.97 Å². The van der Waals surface area contributed by atoms with Crippen molar-refractivity contribution in [1.29, 1.82) is 0 Å². The van der Waals surface area contributed by atoms with Crippen LogP contribution in [-0.4, -0.2) is 52.2 Å². The summed E-state index contributed by atoms with van der Waals surface area (Å²) in [6.07, 6.45) is 6.13. The Morgan fingerprint density at radius 2 is 2.06 bits per heavy atom. The van der Waals surface area contributed by atoms with Crippen LogP contribution < -0.4 is 16.0 Å². The molecule has 0 unspecified atom stereocenters. The predicted molar refractivity (Wildman–Crippen MR) is 130 cm³/mol. The molecular formula is C25H29N7. The van der Waals surface area contributed by atoms with Crippen LogP contribution in [0.2, 0.25) is 0 Å². The lowest BCUT2D eigenvalue weighted by Crippen LogP contribution is -2.44. The predicted octanol–water partition coefficient (Wildman–Crippen LogP) is 3.75. The second-order valence-corrected chi connectivity index (χ2v) is 8.35. The number of imidazole rings is 1. The summed E-state index contributed by atoms with van der Waals surface area (Å²) in [4.78, 5) is 17.1. The number of nitrogens with zero attached hydrogens (tertiary/aromatic N) is 3. The smallest absolute Gasteiger partial charge is 0.0977 e. The molecule has 1 saturated heterocycles. The van der Waals surface area contributed by atoms with Crippen molar-refractivity contribution in [2.75, 3.05) is 31.5 Å². The fraction of sp³-hybridized carbons (Fsp3) is 0.320. The molecule has 1 aliphatic rings. The van der Waals surface area contributed by atoms with E-state index in [1.165, 1.54) is 12.8 Å². The van der Waals surface area contributed by atoms with Gasteiger partial charge in [0.05, 0.1) is 40.8 Å². The van der Waals surface area contributed by atoms with E-state index in [0.29, 0.717) is 6.04 Å². The highest BCUT2D eigenvalue weighted by molar-refractivity contribution is 5.88. The Hall–Kier alpha value is -3.29. The zero-order chi connectivity index (χ0) is 21.8. The molecule has 4 N–H and O–H groups in total. The van der Waals surface area contributed by atoms with Gasteiger partial charge in [0, 0.05) is 42.3 Å². The number of anilines is 1. The summed E-state index contributed by atoms with van der Waals surface area (Å²) >= 11 is 0. The lowest BCUT2D eigenvalue weighted by molar-refractivity contribution is 0.395. The summed E-state index contributed by atoms with van der Waals surface area (Å²) in [5.74, 6) is 0. The zero-order valence-corrected chi connectivity index (χ0v) is 18.4. The highest BCUT2D eigenvalue weighted by Crippen LogP contribution is 2.30. The average Bonchev–Trinajstić information content (AvgIpc) is 3.32. The Bertz CT molecular complexity index is 1190. The van der Waals surface area contributed by atoms with Crippen LogP contribution in [0.15, 0.2) is 55.0 Å². The highest BCUT2D eigenvalue weighted by atomic mass is 15.0.